The van der Waals surface area contributed by atoms with Gasteiger partial charge in [0.1, 0.15) is 37.9 Å². The summed E-state index contributed by atoms with van der Waals surface area (Å²) in [6.45, 7) is 30.4. The summed E-state index contributed by atoms with van der Waals surface area (Å²) in [5.74, 6) is 0.790. The Hall–Kier alpha value is -5.18. The standard InChI is InChI=1S/C51H62O8/c1-33(2)47(52)58-27-23-54-21-25-56-45-29-35(5)41(31-43(45)49(7,8)9)51(39-19-15-13-17-37(39)38-18-14-16-20-40(38)51)42-32-44(50(10,11)12)46(30-36(42)6)57-26-22-55-24-28-59-48(53)34(3)4/h13-20,29-32H,1,3,21-28H2,2,4-12H3. The van der Waals surface area contributed by atoms with Crippen molar-refractivity contribution in [1.82, 2.24) is 0 Å². The van der Waals surface area contributed by atoms with Crippen LogP contribution in [-0.2, 0) is 44.8 Å². The van der Waals surface area contributed by atoms with Gasteiger partial charge in [0.05, 0.1) is 31.8 Å². The molecule has 314 valence electrons. The minimum absolute atomic E-state index is 0.159. The molecule has 0 saturated heterocycles. The van der Waals surface area contributed by atoms with Crippen molar-refractivity contribution in [2.75, 3.05) is 52.9 Å². The molecule has 8 nitrogen and oxygen atoms in total. The molecule has 0 fully saturated rings. The molecule has 0 aromatic heterocycles. The van der Waals surface area contributed by atoms with E-state index in [2.05, 4.69) is 141 Å². The lowest BCUT2D eigenvalue weighted by Gasteiger charge is -2.39. The predicted molar refractivity (Wildman–Crippen MR) is 235 cm³/mol. The average molecular weight is 803 g/mol. The molecule has 4 aromatic rings. The van der Waals surface area contributed by atoms with Crippen LogP contribution >= 0.6 is 0 Å². The van der Waals surface area contributed by atoms with Gasteiger partial charge in [-0.1, -0.05) is 103 Å². The van der Waals surface area contributed by atoms with Crippen molar-refractivity contribution in [2.24, 2.45) is 0 Å². The van der Waals surface area contributed by atoms with Crippen LogP contribution in [0, 0.1) is 13.8 Å². The summed E-state index contributed by atoms with van der Waals surface area (Å²) in [4.78, 5) is 23.5. The third-order valence-electron chi connectivity index (χ3n) is 10.6. The number of fused-ring (bicyclic) bond motifs is 3. The van der Waals surface area contributed by atoms with E-state index >= 15 is 0 Å². The first-order valence-electron chi connectivity index (χ1n) is 20.5. The van der Waals surface area contributed by atoms with E-state index < -0.39 is 17.4 Å². The third kappa shape index (κ3) is 10.00. The van der Waals surface area contributed by atoms with Crippen LogP contribution in [0.1, 0.15) is 99.9 Å². The summed E-state index contributed by atoms with van der Waals surface area (Å²) in [7, 11) is 0. The monoisotopic (exact) mass is 802 g/mol. The number of hydrogen-bond acceptors (Lipinski definition) is 8. The second kappa shape index (κ2) is 18.8. The van der Waals surface area contributed by atoms with Crippen molar-refractivity contribution in [3.05, 3.63) is 142 Å². The Labute approximate surface area is 351 Å². The quantitative estimate of drug-likeness (QED) is 0.0492. The minimum Gasteiger partial charge on any atom is -0.491 e. The van der Waals surface area contributed by atoms with Crippen molar-refractivity contribution >= 4 is 11.9 Å². The van der Waals surface area contributed by atoms with Crippen LogP contribution in [0.3, 0.4) is 0 Å². The van der Waals surface area contributed by atoms with Crippen LogP contribution in [-0.4, -0.2) is 64.8 Å². The van der Waals surface area contributed by atoms with Gasteiger partial charge in [0.2, 0.25) is 0 Å². The maximum atomic E-state index is 11.7. The Morgan fingerprint density at radius 2 is 0.881 bits per heavy atom. The summed E-state index contributed by atoms with van der Waals surface area (Å²) in [5, 5.41) is 0. The number of carbonyl (C=O) groups excluding carboxylic acids is 2. The lowest BCUT2D eigenvalue weighted by atomic mass is 9.63. The van der Waals surface area contributed by atoms with Gasteiger partial charge in [0.15, 0.2) is 0 Å². The van der Waals surface area contributed by atoms with Crippen molar-refractivity contribution in [1.29, 1.82) is 0 Å². The average Bonchev–Trinajstić information content (AvgIpc) is 3.46. The maximum Gasteiger partial charge on any atom is 0.333 e. The van der Waals surface area contributed by atoms with Crippen LogP contribution in [0.4, 0.5) is 0 Å². The van der Waals surface area contributed by atoms with E-state index in [-0.39, 0.29) is 37.3 Å². The van der Waals surface area contributed by atoms with E-state index in [0.717, 1.165) is 33.8 Å². The molecule has 1 aliphatic rings. The van der Waals surface area contributed by atoms with E-state index in [1.54, 1.807) is 13.8 Å². The molecule has 0 spiro atoms. The number of aryl methyl sites for hydroxylation is 2. The number of hydrogen-bond donors (Lipinski definition) is 0. The molecule has 0 heterocycles. The van der Waals surface area contributed by atoms with Gasteiger partial charge < -0.3 is 28.4 Å². The Morgan fingerprint density at radius 1 is 0.525 bits per heavy atom. The fourth-order valence-corrected chi connectivity index (χ4v) is 7.80. The van der Waals surface area contributed by atoms with E-state index in [9.17, 15) is 9.59 Å². The lowest BCUT2D eigenvalue weighted by Crippen LogP contribution is -2.32. The first-order valence-corrected chi connectivity index (χ1v) is 20.5. The second-order valence-corrected chi connectivity index (χ2v) is 17.4. The number of ether oxygens (including phenoxy) is 6. The molecule has 4 aromatic carbocycles. The molecular weight excluding hydrogens is 741 g/mol. The topological polar surface area (TPSA) is 89.5 Å². The fourth-order valence-electron chi connectivity index (χ4n) is 7.80. The highest BCUT2D eigenvalue weighted by atomic mass is 16.6. The Morgan fingerprint density at radius 3 is 1.24 bits per heavy atom. The molecule has 59 heavy (non-hydrogen) atoms. The van der Waals surface area contributed by atoms with Crippen LogP contribution in [0.15, 0.2) is 97.1 Å². The van der Waals surface area contributed by atoms with Crippen molar-refractivity contribution < 1.29 is 38.0 Å². The van der Waals surface area contributed by atoms with Gasteiger partial charge in [-0.15, -0.1) is 0 Å². The fraction of sp³-hybridized carbons (Fsp3) is 0.412. The first kappa shape index (κ1) is 44.9. The zero-order valence-electron chi connectivity index (χ0n) is 36.8. The highest BCUT2D eigenvalue weighted by Crippen LogP contribution is 2.59. The Kier molecular flexibility index (Phi) is 14.3. The molecule has 5 rings (SSSR count). The minimum atomic E-state index is -0.660. The number of carbonyl (C=O) groups is 2. The molecule has 0 bridgehead atoms. The number of esters is 2. The maximum absolute atomic E-state index is 11.7. The van der Waals surface area contributed by atoms with Gasteiger partial charge in [-0.05, 0) is 118 Å². The molecule has 0 aliphatic heterocycles. The van der Waals surface area contributed by atoms with Crippen molar-refractivity contribution in [3.63, 3.8) is 0 Å². The van der Waals surface area contributed by atoms with Crippen molar-refractivity contribution in [3.8, 4) is 22.6 Å². The van der Waals surface area contributed by atoms with Gasteiger partial charge in [0.25, 0.3) is 0 Å². The molecule has 0 N–H and O–H groups in total. The van der Waals surface area contributed by atoms with E-state index in [0.29, 0.717) is 37.6 Å². The summed E-state index contributed by atoms with van der Waals surface area (Å²) < 4.78 is 34.8. The first-order chi connectivity index (χ1) is 27.9. The highest BCUT2D eigenvalue weighted by Gasteiger charge is 2.48. The Balaban J connectivity index is 1.56. The predicted octanol–water partition coefficient (Wildman–Crippen LogP) is 10.3. The zero-order chi connectivity index (χ0) is 43.1. The smallest absolute Gasteiger partial charge is 0.333 e. The van der Waals surface area contributed by atoms with Crippen LogP contribution in [0.2, 0.25) is 0 Å². The van der Waals surface area contributed by atoms with E-state index in [1.165, 1.54) is 33.4 Å². The molecule has 0 amide bonds. The second-order valence-electron chi connectivity index (χ2n) is 17.4. The summed E-state index contributed by atoms with van der Waals surface area (Å²) in [5.41, 5.74) is 11.2. The third-order valence-corrected chi connectivity index (χ3v) is 10.6. The van der Waals surface area contributed by atoms with Crippen LogP contribution < -0.4 is 9.47 Å². The number of benzene rings is 4. The lowest BCUT2D eigenvalue weighted by molar-refractivity contribution is -0.141. The SMILES string of the molecule is C=C(C)C(=O)OCCOCCOc1cc(C)c(C2(c3cc(C(C)(C)C)c(OCCOCCOC(=O)C(=C)C)cc3C)c3ccccc3-c3ccccc32)cc1C(C)(C)C. The van der Waals surface area contributed by atoms with Gasteiger partial charge >= 0.3 is 11.9 Å². The van der Waals surface area contributed by atoms with Gasteiger partial charge in [-0.25, -0.2) is 9.59 Å². The van der Waals surface area contributed by atoms with Gasteiger partial charge in [0, 0.05) is 11.1 Å². The van der Waals surface area contributed by atoms with Gasteiger partial charge in [-0.2, -0.15) is 0 Å². The molecule has 0 unspecified atom stereocenters. The molecule has 0 saturated carbocycles. The van der Waals surface area contributed by atoms with Gasteiger partial charge in [-0.3, -0.25) is 0 Å². The molecular formula is C51H62O8. The number of rotatable bonds is 18. The van der Waals surface area contributed by atoms with Crippen LogP contribution in [0.5, 0.6) is 11.5 Å². The van der Waals surface area contributed by atoms with E-state index in [4.69, 9.17) is 28.4 Å². The molecule has 8 heteroatoms. The van der Waals surface area contributed by atoms with Crippen LogP contribution in [0.25, 0.3) is 11.1 Å². The molecule has 1 aliphatic carbocycles. The zero-order valence-corrected chi connectivity index (χ0v) is 36.8. The molecule has 0 radical (unpaired) electrons. The van der Waals surface area contributed by atoms with E-state index in [1.807, 2.05) is 0 Å². The van der Waals surface area contributed by atoms with Crippen molar-refractivity contribution in [2.45, 2.75) is 85.5 Å². The summed E-state index contributed by atoms with van der Waals surface area (Å²) in [6.07, 6.45) is 0. The summed E-state index contributed by atoms with van der Waals surface area (Å²) in [6, 6.07) is 26.7. The molecule has 0 atom stereocenters. The Bertz CT molecular complexity index is 2030. The highest BCUT2D eigenvalue weighted by molar-refractivity contribution is 5.88. The largest absolute Gasteiger partial charge is 0.491 e. The summed E-state index contributed by atoms with van der Waals surface area (Å²) >= 11 is 0. The normalized spacial score (nSPS) is 13.0.